The zero-order valence-electron chi connectivity index (χ0n) is 20.7. The lowest BCUT2D eigenvalue weighted by atomic mass is 10.0. The molecule has 0 fully saturated rings. The summed E-state index contributed by atoms with van der Waals surface area (Å²) < 4.78 is 16.2. The van der Waals surface area contributed by atoms with E-state index in [1.54, 1.807) is 47.0 Å². The van der Waals surface area contributed by atoms with Gasteiger partial charge in [0, 0.05) is 23.6 Å². The van der Waals surface area contributed by atoms with Crippen LogP contribution in [0, 0.1) is 5.82 Å². The minimum absolute atomic E-state index is 0.110. The van der Waals surface area contributed by atoms with Gasteiger partial charge in [-0.25, -0.2) is 4.39 Å². The summed E-state index contributed by atoms with van der Waals surface area (Å²) in [7, 11) is 3.83. The summed E-state index contributed by atoms with van der Waals surface area (Å²) in [5.74, 6) is -1.32. The van der Waals surface area contributed by atoms with Crippen molar-refractivity contribution in [2.75, 3.05) is 20.6 Å². The second-order valence-electron chi connectivity index (χ2n) is 9.13. The third-order valence-corrected chi connectivity index (χ3v) is 6.56. The molecule has 5 rings (SSSR count). The molecule has 192 valence electrons. The van der Waals surface area contributed by atoms with Crippen LogP contribution in [0.5, 0.6) is 0 Å². The lowest BCUT2D eigenvalue weighted by Crippen LogP contribution is -2.30. The molecule has 0 atom stereocenters. The van der Waals surface area contributed by atoms with Crippen molar-refractivity contribution in [2.45, 2.75) is 13.0 Å². The monoisotopic (exact) mass is 531 g/mol. The molecule has 1 aromatic heterocycles. The molecule has 0 N–H and O–H groups in total. The number of carbonyl (C=O) groups is 3. The van der Waals surface area contributed by atoms with Gasteiger partial charge in [0.05, 0.1) is 28.9 Å². The topological polar surface area (TPSA) is 88.4 Å². The summed E-state index contributed by atoms with van der Waals surface area (Å²) in [4.78, 5) is 42.7. The first kappa shape index (κ1) is 25.4. The fourth-order valence-corrected chi connectivity index (χ4v) is 4.59. The van der Waals surface area contributed by atoms with Crippen molar-refractivity contribution >= 4 is 29.2 Å². The Morgan fingerprint density at radius 2 is 1.53 bits per heavy atom. The van der Waals surface area contributed by atoms with Crippen LogP contribution in [-0.2, 0) is 13.0 Å². The molecule has 0 saturated heterocycles. The van der Waals surface area contributed by atoms with E-state index in [0.29, 0.717) is 40.6 Å². The van der Waals surface area contributed by atoms with Crippen LogP contribution in [0.25, 0.3) is 5.69 Å². The van der Waals surface area contributed by atoms with Crippen molar-refractivity contribution in [3.63, 3.8) is 0 Å². The van der Waals surface area contributed by atoms with Crippen molar-refractivity contribution in [3.8, 4) is 5.69 Å². The van der Waals surface area contributed by atoms with Crippen LogP contribution in [0.15, 0.2) is 66.7 Å². The highest BCUT2D eigenvalue weighted by molar-refractivity contribution is 6.31. The number of nitrogens with zero attached hydrogens (tertiary/aromatic N) is 5. The molecular weight excluding hydrogens is 509 g/mol. The lowest BCUT2D eigenvalue weighted by Gasteiger charge is -2.18. The molecule has 38 heavy (non-hydrogen) atoms. The number of amides is 2. The Kier molecular flexibility index (Phi) is 6.88. The molecule has 8 nitrogen and oxygen atoms in total. The van der Waals surface area contributed by atoms with E-state index in [9.17, 15) is 18.8 Å². The highest BCUT2D eigenvalue weighted by Gasteiger charge is 2.36. The van der Waals surface area contributed by atoms with Gasteiger partial charge in [0.1, 0.15) is 11.6 Å². The maximum Gasteiger partial charge on any atom is 0.261 e. The average Bonchev–Trinajstić information content (AvgIpc) is 3.41. The zero-order chi connectivity index (χ0) is 27.0. The summed E-state index contributed by atoms with van der Waals surface area (Å²) in [6.07, 6.45) is 0.456. The molecule has 1 aliphatic heterocycles. The van der Waals surface area contributed by atoms with Crippen LogP contribution in [0.1, 0.15) is 48.3 Å². The molecule has 4 aromatic rings. The van der Waals surface area contributed by atoms with Gasteiger partial charge >= 0.3 is 0 Å². The second kappa shape index (κ2) is 10.3. The third-order valence-electron chi connectivity index (χ3n) is 6.32. The summed E-state index contributed by atoms with van der Waals surface area (Å²) in [5, 5.41) is 8.94. The van der Waals surface area contributed by atoms with E-state index in [1.807, 2.05) is 19.0 Å². The van der Waals surface area contributed by atoms with Crippen molar-refractivity contribution in [1.82, 2.24) is 24.6 Å². The quantitative estimate of drug-likeness (QED) is 0.250. The Morgan fingerprint density at radius 1 is 0.895 bits per heavy atom. The number of benzene rings is 3. The number of fused-ring (bicyclic) bond motifs is 1. The van der Waals surface area contributed by atoms with Gasteiger partial charge in [0.15, 0.2) is 11.6 Å². The Labute approximate surface area is 223 Å². The highest BCUT2D eigenvalue weighted by Crippen LogP contribution is 2.28. The van der Waals surface area contributed by atoms with Crippen molar-refractivity contribution in [3.05, 3.63) is 111 Å². The van der Waals surface area contributed by atoms with Crippen LogP contribution in [0.4, 0.5) is 4.39 Å². The SMILES string of the molecule is CN(C)CCc1nnc(CN2C(=O)c3ccccc3C2=O)n1-c1ccc(Cl)cc1C(=O)c1ccccc1F. The lowest BCUT2D eigenvalue weighted by molar-refractivity contribution is 0.0637. The van der Waals surface area contributed by atoms with E-state index < -0.39 is 23.4 Å². The van der Waals surface area contributed by atoms with E-state index in [-0.39, 0.29) is 23.5 Å². The first-order valence-electron chi connectivity index (χ1n) is 11.9. The molecule has 2 amide bonds. The van der Waals surface area contributed by atoms with E-state index in [0.717, 1.165) is 4.90 Å². The minimum Gasteiger partial charge on any atom is -0.309 e. The maximum absolute atomic E-state index is 14.6. The number of imide groups is 1. The fraction of sp³-hybridized carbons (Fsp3) is 0.179. The Bertz CT molecular complexity index is 1550. The first-order valence-corrected chi connectivity index (χ1v) is 12.3. The van der Waals surface area contributed by atoms with Crippen LogP contribution in [-0.4, -0.2) is 62.8 Å². The molecule has 0 spiro atoms. The third kappa shape index (κ3) is 4.62. The molecule has 0 aliphatic carbocycles. The highest BCUT2D eigenvalue weighted by atomic mass is 35.5. The van der Waals surface area contributed by atoms with Gasteiger partial charge in [-0.2, -0.15) is 0 Å². The molecule has 0 unspecified atom stereocenters. The van der Waals surface area contributed by atoms with Crippen LogP contribution < -0.4 is 0 Å². The standard InChI is InChI=1S/C28H23ClFN5O3/c1-33(2)14-13-24-31-32-25(16-34-27(37)18-7-3-4-8-19(18)28(34)38)35(24)23-12-11-17(29)15-21(23)26(36)20-9-5-6-10-22(20)30/h3-12,15H,13-14,16H2,1-2H3. The number of hydrogen-bond acceptors (Lipinski definition) is 6. The maximum atomic E-state index is 14.6. The Morgan fingerprint density at radius 3 is 2.18 bits per heavy atom. The van der Waals surface area contributed by atoms with Crippen molar-refractivity contribution < 1.29 is 18.8 Å². The fourth-order valence-electron chi connectivity index (χ4n) is 4.42. The number of hydrogen-bond donors (Lipinski definition) is 0. The predicted molar refractivity (Wildman–Crippen MR) is 139 cm³/mol. The molecule has 0 saturated carbocycles. The van der Waals surface area contributed by atoms with Crippen LogP contribution in [0.2, 0.25) is 5.02 Å². The van der Waals surface area contributed by atoms with Gasteiger partial charge in [0.2, 0.25) is 0 Å². The number of aromatic nitrogens is 3. The molecule has 10 heteroatoms. The molecule has 0 bridgehead atoms. The predicted octanol–water partition coefficient (Wildman–Crippen LogP) is 4.19. The molecule has 2 heterocycles. The normalized spacial score (nSPS) is 12.9. The smallest absolute Gasteiger partial charge is 0.261 e. The second-order valence-corrected chi connectivity index (χ2v) is 9.57. The number of rotatable bonds is 8. The summed E-state index contributed by atoms with van der Waals surface area (Å²) in [6, 6.07) is 17.0. The molecule has 1 aliphatic rings. The van der Waals surface area contributed by atoms with Crippen molar-refractivity contribution in [2.24, 2.45) is 0 Å². The van der Waals surface area contributed by atoms with Gasteiger partial charge in [-0.05, 0) is 56.6 Å². The van der Waals surface area contributed by atoms with Gasteiger partial charge in [-0.15, -0.1) is 10.2 Å². The van der Waals surface area contributed by atoms with E-state index in [4.69, 9.17) is 11.6 Å². The molecular formula is C28H23ClFN5O3. The van der Waals surface area contributed by atoms with Crippen LogP contribution >= 0.6 is 11.6 Å². The number of likely N-dealkylation sites (N-methyl/N-ethyl adjacent to an activating group) is 1. The largest absolute Gasteiger partial charge is 0.309 e. The average molecular weight is 532 g/mol. The minimum atomic E-state index is -0.661. The van der Waals surface area contributed by atoms with Gasteiger partial charge in [-0.3, -0.25) is 23.9 Å². The molecule has 0 radical (unpaired) electrons. The summed E-state index contributed by atoms with van der Waals surface area (Å²) >= 11 is 6.27. The van der Waals surface area contributed by atoms with E-state index in [2.05, 4.69) is 10.2 Å². The molecule has 3 aromatic carbocycles. The van der Waals surface area contributed by atoms with Gasteiger partial charge in [0.25, 0.3) is 11.8 Å². The Balaban J connectivity index is 1.62. The van der Waals surface area contributed by atoms with E-state index in [1.165, 1.54) is 24.3 Å². The number of halogens is 2. The summed E-state index contributed by atoms with van der Waals surface area (Å²) in [6.45, 7) is 0.451. The van der Waals surface area contributed by atoms with Gasteiger partial charge < -0.3 is 4.90 Å². The van der Waals surface area contributed by atoms with E-state index >= 15 is 0 Å². The van der Waals surface area contributed by atoms with Crippen LogP contribution in [0.3, 0.4) is 0 Å². The first-order chi connectivity index (χ1) is 18.3. The number of ketones is 1. The number of carbonyl (C=O) groups excluding carboxylic acids is 3. The summed E-state index contributed by atoms with van der Waals surface area (Å²) in [5.41, 5.74) is 1.03. The van der Waals surface area contributed by atoms with Crippen molar-refractivity contribution in [1.29, 1.82) is 0 Å². The van der Waals surface area contributed by atoms with Gasteiger partial charge in [-0.1, -0.05) is 35.9 Å². The zero-order valence-corrected chi connectivity index (χ0v) is 21.4. The Hall–Kier alpha value is -4.21.